The molecule has 168 valence electrons. The fourth-order valence-electron chi connectivity index (χ4n) is 3.02. The minimum atomic E-state index is -0.712. The molecule has 2 N–H and O–H groups in total. The number of rotatable bonds is 6. The first-order valence-corrected chi connectivity index (χ1v) is 11.1. The zero-order valence-corrected chi connectivity index (χ0v) is 19.6. The first kappa shape index (κ1) is 23.6. The minimum Gasteiger partial charge on any atom is -0.495 e. The molecule has 0 fully saturated rings. The summed E-state index contributed by atoms with van der Waals surface area (Å²) in [6.07, 6.45) is 0. The first-order valence-electron chi connectivity index (χ1n) is 9.88. The van der Waals surface area contributed by atoms with Gasteiger partial charge in [-0.2, -0.15) is 0 Å². The number of aryl methyl sites for hydroxylation is 1. The summed E-state index contributed by atoms with van der Waals surface area (Å²) < 4.78 is 6.88. The van der Waals surface area contributed by atoms with Gasteiger partial charge >= 0.3 is 6.03 Å². The number of methoxy groups -OCH3 is 1. The summed E-state index contributed by atoms with van der Waals surface area (Å²) in [5.41, 5.74) is 1.39. The number of fused-ring (bicyclic) bond motifs is 1. The lowest BCUT2D eigenvalue weighted by Gasteiger charge is -2.18. The van der Waals surface area contributed by atoms with Crippen LogP contribution in [-0.4, -0.2) is 40.4 Å². The fourth-order valence-corrected chi connectivity index (χ4v) is 4.09. The molecule has 3 amide bonds. The van der Waals surface area contributed by atoms with E-state index >= 15 is 0 Å². The largest absolute Gasteiger partial charge is 0.495 e. The molecule has 0 aliphatic heterocycles. The van der Waals surface area contributed by atoms with Gasteiger partial charge in [0.15, 0.2) is 5.16 Å². The number of carbonyl (C=O) groups excluding carboxylic acids is 2. The SMILES string of the molecule is CCNC(=O)NC(=O)[C@H](C)Sc1nc2ccccc2c(=O)n1-c1cc(C)c(Cl)cc1OC. The number of halogens is 1. The average Bonchev–Trinajstić information content (AvgIpc) is 2.76. The van der Waals surface area contributed by atoms with E-state index in [0.717, 1.165) is 17.3 Å². The predicted octanol–water partition coefficient (Wildman–Crippen LogP) is 3.68. The van der Waals surface area contributed by atoms with Crippen molar-refractivity contribution >= 4 is 46.2 Å². The van der Waals surface area contributed by atoms with Crippen molar-refractivity contribution in [2.24, 2.45) is 0 Å². The Hall–Kier alpha value is -3.04. The van der Waals surface area contributed by atoms with E-state index in [9.17, 15) is 14.4 Å². The number of carbonyl (C=O) groups is 2. The van der Waals surface area contributed by atoms with E-state index in [1.165, 1.54) is 11.7 Å². The summed E-state index contributed by atoms with van der Waals surface area (Å²) in [7, 11) is 1.49. The van der Waals surface area contributed by atoms with Gasteiger partial charge in [0, 0.05) is 17.6 Å². The normalized spacial score (nSPS) is 11.8. The summed E-state index contributed by atoms with van der Waals surface area (Å²) in [6.45, 7) is 5.60. The molecule has 1 atom stereocenters. The van der Waals surface area contributed by atoms with Gasteiger partial charge in [0.25, 0.3) is 5.56 Å². The number of ether oxygens (including phenoxy) is 1. The van der Waals surface area contributed by atoms with Crippen LogP contribution in [0.15, 0.2) is 46.3 Å². The van der Waals surface area contributed by atoms with Crippen molar-refractivity contribution in [1.29, 1.82) is 0 Å². The highest BCUT2D eigenvalue weighted by Crippen LogP contribution is 2.33. The van der Waals surface area contributed by atoms with Crippen LogP contribution in [0.4, 0.5) is 4.79 Å². The van der Waals surface area contributed by atoms with Gasteiger partial charge in [0.2, 0.25) is 5.91 Å². The van der Waals surface area contributed by atoms with Crippen molar-refractivity contribution < 1.29 is 14.3 Å². The highest BCUT2D eigenvalue weighted by atomic mass is 35.5. The van der Waals surface area contributed by atoms with E-state index in [1.54, 1.807) is 50.2 Å². The molecule has 0 aliphatic carbocycles. The Kier molecular flexibility index (Phi) is 7.42. The number of hydrogen-bond acceptors (Lipinski definition) is 6. The quantitative estimate of drug-likeness (QED) is 0.417. The molecule has 10 heteroatoms. The van der Waals surface area contributed by atoms with Gasteiger partial charge in [-0.05, 0) is 44.5 Å². The van der Waals surface area contributed by atoms with E-state index in [2.05, 4.69) is 15.6 Å². The maximum absolute atomic E-state index is 13.5. The first-order chi connectivity index (χ1) is 15.3. The molecular weight excluding hydrogens is 452 g/mol. The van der Waals surface area contributed by atoms with Crippen LogP contribution in [0.2, 0.25) is 5.02 Å². The Balaban J connectivity index is 2.14. The Bertz CT molecular complexity index is 1240. The molecular formula is C22H23ClN4O4S. The van der Waals surface area contributed by atoms with Crippen LogP contribution in [0, 0.1) is 6.92 Å². The van der Waals surface area contributed by atoms with Crippen LogP contribution in [0.1, 0.15) is 19.4 Å². The van der Waals surface area contributed by atoms with Gasteiger partial charge in [0.1, 0.15) is 5.75 Å². The molecule has 1 heterocycles. The number of aromatic nitrogens is 2. The number of para-hydroxylation sites is 1. The average molecular weight is 475 g/mol. The number of thioether (sulfide) groups is 1. The molecule has 2 aromatic carbocycles. The highest BCUT2D eigenvalue weighted by molar-refractivity contribution is 8.00. The maximum atomic E-state index is 13.5. The zero-order valence-electron chi connectivity index (χ0n) is 18.1. The number of amides is 3. The molecule has 3 aromatic rings. The van der Waals surface area contributed by atoms with Crippen molar-refractivity contribution in [2.75, 3.05) is 13.7 Å². The number of hydrogen-bond donors (Lipinski definition) is 2. The van der Waals surface area contributed by atoms with E-state index in [0.29, 0.717) is 33.9 Å². The third-order valence-corrected chi connectivity index (χ3v) is 6.13. The molecule has 32 heavy (non-hydrogen) atoms. The van der Waals surface area contributed by atoms with Gasteiger partial charge in [-0.3, -0.25) is 19.5 Å². The number of nitrogens with zero attached hydrogens (tertiary/aromatic N) is 2. The van der Waals surface area contributed by atoms with Crippen LogP contribution in [0.5, 0.6) is 5.75 Å². The molecule has 0 saturated carbocycles. The third kappa shape index (κ3) is 4.89. The summed E-state index contributed by atoms with van der Waals surface area (Å²) >= 11 is 7.31. The van der Waals surface area contributed by atoms with Gasteiger partial charge in [-0.15, -0.1) is 0 Å². The van der Waals surface area contributed by atoms with Crippen LogP contribution in [0.3, 0.4) is 0 Å². The monoisotopic (exact) mass is 474 g/mol. The lowest BCUT2D eigenvalue weighted by atomic mass is 10.2. The standard InChI is InChI=1S/C22H23ClN4O4S/c1-5-24-21(30)26-19(28)13(3)32-22-25-16-9-7-6-8-14(16)20(29)27(22)17-10-12(2)15(23)11-18(17)31-4/h6-11,13H,5H2,1-4H3,(H2,24,26,28,30)/t13-/m0/s1. The summed E-state index contributed by atoms with van der Waals surface area (Å²) in [5, 5.41) is 5.29. The van der Waals surface area contributed by atoms with E-state index in [-0.39, 0.29) is 10.7 Å². The summed E-state index contributed by atoms with van der Waals surface area (Å²) in [6, 6.07) is 9.76. The van der Waals surface area contributed by atoms with Gasteiger partial charge in [0.05, 0.1) is 29.0 Å². The second-order valence-electron chi connectivity index (χ2n) is 6.93. The highest BCUT2D eigenvalue weighted by Gasteiger charge is 2.23. The van der Waals surface area contributed by atoms with Crippen LogP contribution in [-0.2, 0) is 4.79 Å². The minimum absolute atomic E-state index is 0.285. The molecule has 1 aromatic heterocycles. The van der Waals surface area contributed by atoms with E-state index < -0.39 is 17.2 Å². The lowest BCUT2D eigenvalue weighted by molar-refractivity contribution is -0.119. The molecule has 0 spiro atoms. The van der Waals surface area contributed by atoms with Crippen molar-refractivity contribution in [2.45, 2.75) is 31.2 Å². The lowest BCUT2D eigenvalue weighted by Crippen LogP contribution is -2.42. The molecule has 0 radical (unpaired) electrons. The fraction of sp³-hybridized carbons (Fsp3) is 0.273. The predicted molar refractivity (Wildman–Crippen MR) is 126 cm³/mol. The Morgan fingerprint density at radius 2 is 2.00 bits per heavy atom. The smallest absolute Gasteiger partial charge is 0.321 e. The van der Waals surface area contributed by atoms with Crippen molar-refractivity contribution in [3.63, 3.8) is 0 Å². The topological polar surface area (TPSA) is 102 Å². The maximum Gasteiger partial charge on any atom is 0.321 e. The number of urea groups is 1. The zero-order chi connectivity index (χ0) is 23.4. The van der Waals surface area contributed by atoms with Crippen molar-refractivity contribution in [3.8, 4) is 11.4 Å². The van der Waals surface area contributed by atoms with Crippen LogP contribution < -0.4 is 20.9 Å². The second-order valence-corrected chi connectivity index (χ2v) is 8.65. The van der Waals surface area contributed by atoms with Crippen molar-refractivity contribution in [1.82, 2.24) is 20.2 Å². The van der Waals surface area contributed by atoms with Crippen molar-refractivity contribution in [3.05, 3.63) is 57.3 Å². The summed E-state index contributed by atoms with van der Waals surface area (Å²) in [5.74, 6) is -0.116. The Labute approximate surface area is 194 Å². The number of imide groups is 1. The van der Waals surface area contributed by atoms with Gasteiger partial charge < -0.3 is 10.1 Å². The van der Waals surface area contributed by atoms with Crippen LogP contribution >= 0.6 is 23.4 Å². The molecule has 0 bridgehead atoms. The Morgan fingerprint density at radius 3 is 2.69 bits per heavy atom. The number of nitrogens with one attached hydrogen (secondary N) is 2. The number of benzene rings is 2. The van der Waals surface area contributed by atoms with Gasteiger partial charge in [-0.25, -0.2) is 9.78 Å². The summed E-state index contributed by atoms with van der Waals surface area (Å²) in [4.78, 5) is 42.3. The van der Waals surface area contributed by atoms with E-state index in [4.69, 9.17) is 16.3 Å². The molecule has 8 nitrogen and oxygen atoms in total. The molecule has 0 aliphatic rings. The molecule has 0 saturated heterocycles. The second kappa shape index (κ2) is 10.1. The molecule has 3 rings (SSSR count). The Morgan fingerprint density at radius 1 is 1.28 bits per heavy atom. The van der Waals surface area contributed by atoms with Gasteiger partial charge in [-0.1, -0.05) is 35.5 Å². The molecule has 0 unspecified atom stereocenters. The third-order valence-electron chi connectivity index (χ3n) is 4.67. The van der Waals surface area contributed by atoms with Crippen LogP contribution in [0.25, 0.3) is 16.6 Å². The van der Waals surface area contributed by atoms with E-state index in [1.807, 2.05) is 6.92 Å².